The molecule has 0 aliphatic rings. The SMILES string of the molecule is C=C(Cl)CNCc1cc(F)cc(/C(N)=N\O)c1. The Bertz CT molecular complexity index is 448. The number of nitrogens with zero attached hydrogens (tertiary/aromatic N) is 1. The molecule has 92 valence electrons. The number of nitrogens with one attached hydrogen (secondary N) is 1. The van der Waals surface area contributed by atoms with Crippen LogP contribution < -0.4 is 11.1 Å². The molecule has 4 nitrogen and oxygen atoms in total. The molecule has 0 saturated carbocycles. The minimum Gasteiger partial charge on any atom is -0.409 e. The third-order valence-corrected chi connectivity index (χ3v) is 2.14. The lowest BCUT2D eigenvalue weighted by Crippen LogP contribution is -2.17. The van der Waals surface area contributed by atoms with Gasteiger partial charge in [0.05, 0.1) is 0 Å². The van der Waals surface area contributed by atoms with Crippen molar-refractivity contribution in [1.29, 1.82) is 0 Å². The van der Waals surface area contributed by atoms with E-state index in [1.807, 2.05) is 0 Å². The normalized spacial score (nSPS) is 11.5. The number of halogens is 2. The Hall–Kier alpha value is -1.59. The molecule has 0 unspecified atom stereocenters. The highest BCUT2D eigenvalue weighted by molar-refractivity contribution is 6.29. The van der Waals surface area contributed by atoms with Gasteiger partial charge in [-0.25, -0.2) is 4.39 Å². The van der Waals surface area contributed by atoms with E-state index in [9.17, 15) is 4.39 Å². The van der Waals surface area contributed by atoms with Crippen molar-refractivity contribution in [2.45, 2.75) is 6.54 Å². The maximum Gasteiger partial charge on any atom is 0.170 e. The van der Waals surface area contributed by atoms with Crippen LogP contribution in [0.5, 0.6) is 0 Å². The molecular formula is C11H13ClFN3O. The number of benzene rings is 1. The van der Waals surface area contributed by atoms with Crippen molar-refractivity contribution in [1.82, 2.24) is 5.32 Å². The Kier molecular flexibility index (Phi) is 4.93. The fourth-order valence-corrected chi connectivity index (χ4v) is 1.40. The van der Waals surface area contributed by atoms with E-state index in [1.165, 1.54) is 12.1 Å². The zero-order valence-corrected chi connectivity index (χ0v) is 9.84. The first-order chi connectivity index (χ1) is 8.02. The fourth-order valence-electron chi connectivity index (χ4n) is 1.30. The van der Waals surface area contributed by atoms with E-state index in [-0.39, 0.29) is 5.84 Å². The molecule has 0 aliphatic carbocycles. The molecule has 0 fully saturated rings. The van der Waals surface area contributed by atoms with Crippen LogP contribution in [-0.2, 0) is 6.54 Å². The molecule has 0 aliphatic heterocycles. The van der Waals surface area contributed by atoms with E-state index in [1.54, 1.807) is 6.07 Å². The van der Waals surface area contributed by atoms with Gasteiger partial charge < -0.3 is 16.3 Å². The molecule has 1 rings (SSSR count). The van der Waals surface area contributed by atoms with Crippen molar-refractivity contribution in [3.05, 3.63) is 46.8 Å². The van der Waals surface area contributed by atoms with Gasteiger partial charge >= 0.3 is 0 Å². The highest BCUT2D eigenvalue weighted by atomic mass is 35.5. The van der Waals surface area contributed by atoms with Crippen molar-refractivity contribution >= 4 is 17.4 Å². The standard InChI is InChI=1S/C11H13ClFN3O/c1-7(12)5-15-6-8-2-9(11(14)16-17)4-10(13)3-8/h2-4,15,17H,1,5-6H2,(H2,14,16). The highest BCUT2D eigenvalue weighted by Gasteiger charge is 2.04. The number of rotatable bonds is 5. The number of hydrogen-bond donors (Lipinski definition) is 3. The molecule has 0 atom stereocenters. The van der Waals surface area contributed by atoms with Crippen molar-refractivity contribution in [3.8, 4) is 0 Å². The topological polar surface area (TPSA) is 70.6 Å². The molecule has 6 heteroatoms. The molecule has 17 heavy (non-hydrogen) atoms. The van der Waals surface area contributed by atoms with Crippen LogP contribution in [0.2, 0.25) is 0 Å². The zero-order chi connectivity index (χ0) is 12.8. The Labute approximate surface area is 104 Å². The Morgan fingerprint density at radius 3 is 2.82 bits per heavy atom. The van der Waals surface area contributed by atoms with Crippen LogP contribution in [-0.4, -0.2) is 17.6 Å². The van der Waals surface area contributed by atoms with Gasteiger partial charge in [0.2, 0.25) is 0 Å². The third-order valence-electron chi connectivity index (χ3n) is 2.01. The van der Waals surface area contributed by atoms with Gasteiger partial charge in [0.1, 0.15) is 5.82 Å². The van der Waals surface area contributed by atoms with Gasteiger partial charge in [-0.15, -0.1) is 0 Å². The maximum absolute atomic E-state index is 13.2. The second-order valence-electron chi connectivity index (χ2n) is 3.45. The first-order valence-corrected chi connectivity index (χ1v) is 5.22. The number of amidine groups is 1. The summed E-state index contributed by atoms with van der Waals surface area (Å²) in [6, 6.07) is 4.18. The van der Waals surface area contributed by atoms with Gasteiger partial charge in [0, 0.05) is 23.7 Å². The summed E-state index contributed by atoms with van der Waals surface area (Å²) in [6.45, 7) is 4.36. The Balaban J connectivity index is 2.79. The summed E-state index contributed by atoms with van der Waals surface area (Å²) in [4.78, 5) is 0. The lowest BCUT2D eigenvalue weighted by atomic mass is 10.1. The van der Waals surface area contributed by atoms with Crippen molar-refractivity contribution in [3.63, 3.8) is 0 Å². The van der Waals surface area contributed by atoms with Gasteiger partial charge in [0.15, 0.2) is 5.84 Å². The van der Waals surface area contributed by atoms with E-state index in [0.29, 0.717) is 29.2 Å². The van der Waals surface area contributed by atoms with Crippen molar-refractivity contribution in [2.75, 3.05) is 6.54 Å². The number of nitrogens with two attached hydrogens (primary N) is 1. The van der Waals surface area contributed by atoms with E-state index in [4.69, 9.17) is 22.5 Å². The van der Waals surface area contributed by atoms with Crippen LogP contribution in [0.15, 0.2) is 35.0 Å². The van der Waals surface area contributed by atoms with E-state index < -0.39 is 5.82 Å². The molecule has 0 spiro atoms. The van der Waals surface area contributed by atoms with Crippen LogP contribution in [0.1, 0.15) is 11.1 Å². The second-order valence-corrected chi connectivity index (χ2v) is 3.99. The molecule has 4 N–H and O–H groups in total. The van der Waals surface area contributed by atoms with Crippen molar-refractivity contribution in [2.24, 2.45) is 10.9 Å². The molecule has 0 radical (unpaired) electrons. The molecule has 0 amide bonds. The summed E-state index contributed by atoms with van der Waals surface area (Å²) >= 11 is 5.58. The molecule has 0 bridgehead atoms. The van der Waals surface area contributed by atoms with Gasteiger partial charge in [0.25, 0.3) is 0 Å². The van der Waals surface area contributed by atoms with E-state index in [0.717, 1.165) is 0 Å². The van der Waals surface area contributed by atoms with Gasteiger partial charge in [-0.2, -0.15) is 0 Å². The average molecular weight is 258 g/mol. The van der Waals surface area contributed by atoms with Gasteiger partial charge in [-0.1, -0.05) is 23.3 Å². The van der Waals surface area contributed by atoms with Crippen molar-refractivity contribution < 1.29 is 9.60 Å². The first-order valence-electron chi connectivity index (χ1n) is 4.84. The maximum atomic E-state index is 13.2. The highest BCUT2D eigenvalue weighted by Crippen LogP contribution is 2.09. The van der Waals surface area contributed by atoms with Gasteiger partial charge in [-0.3, -0.25) is 0 Å². The fraction of sp³-hybridized carbons (Fsp3) is 0.182. The van der Waals surface area contributed by atoms with Crippen LogP contribution in [0.25, 0.3) is 0 Å². The predicted molar refractivity (Wildman–Crippen MR) is 65.6 cm³/mol. The monoisotopic (exact) mass is 257 g/mol. The largest absolute Gasteiger partial charge is 0.409 e. The molecule has 1 aromatic carbocycles. The summed E-state index contributed by atoms with van der Waals surface area (Å²) in [5.41, 5.74) is 6.39. The predicted octanol–water partition coefficient (Wildman–Crippen LogP) is 1.76. The molecule has 0 saturated heterocycles. The summed E-state index contributed by atoms with van der Waals surface area (Å²) in [7, 11) is 0. The molecule has 0 heterocycles. The Morgan fingerprint density at radius 1 is 1.53 bits per heavy atom. The number of hydrogen-bond acceptors (Lipinski definition) is 3. The molecule has 1 aromatic rings. The zero-order valence-electron chi connectivity index (χ0n) is 9.08. The average Bonchev–Trinajstić information content (AvgIpc) is 2.26. The third kappa shape index (κ3) is 4.42. The second kappa shape index (κ2) is 6.22. The lowest BCUT2D eigenvalue weighted by molar-refractivity contribution is 0.318. The molecular weight excluding hydrogens is 245 g/mol. The quantitative estimate of drug-likeness (QED) is 0.326. The minimum absolute atomic E-state index is 0.132. The Morgan fingerprint density at radius 2 is 2.24 bits per heavy atom. The summed E-state index contributed by atoms with van der Waals surface area (Å²) in [5, 5.41) is 14.8. The lowest BCUT2D eigenvalue weighted by Gasteiger charge is -2.06. The van der Waals surface area contributed by atoms with E-state index in [2.05, 4.69) is 17.1 Å². The van der Waals surface area contributed by atoms with Gasteiger partial charge in [-0.05, 0) is 23.8 Å². The molecule has 0 aromatic heterocycles. The van der Waals surface area contributed by atoms with E-state index >= 15 is 0 Å². The van der Waals surface area contributed by atoms with Crippen LogP contribution in [0, 0.1) is 5.82 Å². The minimum atomic E-state index is -0.449. The van der Waals surface area contributed by atoms with Crippen LogP contribution in [0.3, 0.4) is 0 Å². The summed E-state index contributed by atoms with van der Waals surface area (Å²) < 4.78 is 13.2. The van der Waals surface area contributed by atoms with Crippen LogP contribution >= 0.6 is 11.6 Å². The summed E-state index contributed by atoms with van der Waals surface area (Å²) in [5.74, 6) is -0.580. The summed E-state index contributed by atoms with van der Waals surface area (Å²) in [6.07, 6.45) is 0. The first kappa shape index (κ1) is 13.5. The smallest absolute Gasteiger partial charge is 0.170 e. The van der Waals surface area contributed by atoms with Crippen LogP contribution in [0.4, 0.5) is 4.39 Å². The number of oxime groups is 1.